The van der Waals surface area contributed by atoms with Crippen LogP contribution in [0.3, 0.4) is 0 Å². The molecule has 0 fully saturated rings. The highest BCUT2D eigenvalue weighted by Gasteiger charge is 2.14. The van der Waals surface area contributed by atoms with Gasteiger partial charge in [0.25, 0.3) is 0 Å². The highest BCUT2D eigenvalue weighted by molar-refractivity contribution is 7.71. The predicted molar refractivity (Wildman–Crippen MR) is 120 cm³/mol. The van der Waals surface area contributed by atoms with Crippen LogP contribution in [0.15, 0.2) is 48.5 Å². The fourth-order valence-electron chi connectivity index (χ4n) is 3.25. The van der Waals surface area contributed by atoms with Crippen LogP contribution < -0.4 is 0 Å². The van der Waals surface area contributed by atoms with Crippen molar-refractivity contribution in [2.24, 2.45) is 0 Å². The van der Waals surface area contributed by atoms with Crippen LogP contribution in [0.4, 0.5) is 0 Å². The highest BCUT2D eigenvalue weighted by atomic mass is 32.1. The highest BCUT2D eigenvalue weighted by Crippen LogP contribution is 2.25. The molecule has 0 radical (unpaired) electrons. The largest absolute Gasteiger partial charge is 0.308 e. The Morgan fingerprint density at radius 1 is 1.10 bits per heavy atom. The number of aromatic nitrogens is 3. The first-order valence-corrected chi connectivity index (χ1v) is 10.6. The Morgan fingerprint density at radius 3 is 2.59 bits per heavy atom. The Bertz CT molecular complexity index is 1230. The van der Waals surface area contributed by atoms with E-state index in [0.717, 1.165) is 30.1 Å². The Hall–Kier alpha value is -2.57. The molecule has 8 heteroatoms. The lowest BCUT2D eigenvalue weighted by Crippen LogP contribution is -2.33. The Kier molecular flexibility index (Phi) is 5.74. The molecule has 148 valence electrons. The Labute approximate surface area is 178 Å². The second-order valence-corrected chi connectivity index (χ2v) is 8.65. The van der Waals surface area contributed by atoms with Gasteiger partial charge in [0, 0.05) is 19.6 Å². The molecule has 2 heterocycles. The molecule has 0 aliphatic heterocycles. The number of thiazole rings is 1. The van der Waals surface area contributed by atoms with Crippen molar-refractivity contribution >= 4 is 38.7 Å². The van der Waals surface area contributed by atoms with Gasteiger partial charge in [0.1, 0.15) is 0 Å². The lowest BCUT2D eigenvalue weighted by molar-refractivity contribution is 0.179. The molecule has 4 aromatic rings. The summed E-state index contributed by atoms with van der Waals surface area (Å²) in [7, 11) is 4.15. The summed E-state index contributed by atoms with van der Waals surface area (Å²) >= 11 is 7.41. The first kappa shape index (κ1) is 19.7. The zero-order valence-electron chi connectivity index (χ0n) is 16.4. The normalized spacial score (nSPS) is 11.7. The topological polar surface area (TPSA) is 52.5 Å². The molecule has 29 heavy (non-hydrogen) atoms. The Morgan fingerprint density at radius 2 is 1.86 bits per heavy atom. The maximum absolute atomic E-state index is 9.01. The number of benzene rings is 2. The van der Waals surface area contributed by atoms with Crippen LogP contribution in [0.2, 0.25) is 0 Å². The summed E-state index contributed by atoms with van der Waals surface area (Å²) in [5, 5.41) is 13.8. The van der Waals surface area contributed by atoms with Crippen molar-refractivity contribution in [3.8, 4) is 6.07 Å². The molecule has 4 rings (SSSR count). The van der Waals surface area contributed by atoms with Gasteiger partial charge >= 0.3 is 0 Å². The van der Waals surface area contributed by atoms with E-state index < -0.39 is 0 Å². The van der Waals surface area contributed by atoms with Crippen molar-refractivity contribution < 1.29 is 0 Å². The molecule has 0 N–H and O–H groups in total. The third-order valence-electron chi connectivity index (χ3n) is 4.80. The summed E-state index contributed by atoms with van der Waals surface area (Å²) in [6.45, 7) is 3.22. The molecule has 0 saturated heterocycles. The summed E-state index contributed by atoms with van der Waals surface area (Å²) < 4.78 is 5.87. The second kappa shape index (κ2) is 8.43. The number of para-hydroxylation sites is 1. The van der Waals surface area contributed by atoms with Crippen molar-refractivity contribution in [3.05, 3.63) is 64.4 Å². The second-order valence-electron chi connectivity index (χ2n) is 7.28. The van der Waals surface area contributed by atoms with Gasteiger partial charge in [0.15, 0.2) is 0 Å². The molecule has 0 aliphatic carbocycles. The lowest BCUT2D eigenvalue weighted by atomic mass is 10.1. The molecular weight excluding hydrogens is 400 g/mol. The zero-order chi connectivity index (χ0) is 20.4. The first-order valence-electron chi connectivity index (χ1n) is 9.38. The molecular formula is C21H22N6S2. The summed E-state index contributed by atoms with van der Waals surface area (Å²) in [4.78, 5) is 5.42. The number of nitriles is 1. The first-order chi connectivity index (χ1) is 14.0. The quantitative estimate of drug-likeness (QED) is 0.422. The number of likely N-dealkylation sites (N-methyl/N-ethyl adjacent to an activating group) is 1. The molecule has 0 amide bonds. The van der Waals surface area contributed by atoms with Crippen LogP contribution in [-0.2, 0) is 13.2 Å². The third kappa shape index (κ3) is 4.23. The van der Waals surface area contributed by atoms with Crippen molar-refractivity contribution in [3.63, 3.8) is 0 Å². The van der Waals surface area contributed by atoms with Gasteiger partial charge < -0.3 is 4.90 Å². The number of rotatable bonds is 7. The van der Waals surface area contributed by atoms with Crippen LogP contribution >= 0.6 is 23.6 Å². The van der Waals surface area contributed by atoms with E-state index in [9.17, 15) is 0 Å². The number of nitrogens with zero attached hydrogens (tertiary/aromatic N) is 6. The SMILES string of the molecule is CN(C)CCN(Cc1ccc(C#N)cc1)Cn1nc2sc3ccccc3n2c1=S. The van der Waals surface area contributed by atoms with E-state index >= 15 is 0 Å². The van der Waals surface area contributed by atoms with E-state index in [-0.39, 0.29) is 0 Å². The minimum Gasteiger partial charge on any atom is -0.308 e. The lowest BCUT2D eigenvalue weighted by Gasteiger charge is -2.24. The molecule has 2 aromatic carbocycles. The van der Waals surface area contributed by atoms with Gasteiger partial charge in [-0.2, -0.15) is 5.26 Å². The molecule has 2 aromatic heterocycles. The molecule has 0 saturated carbocycles. The van der Waals surface area contributed by atoms with Gasteiger partial charge in [0.2, 0.25) is 9.73 Å². The average molecular weight is 423 g/mol. The van der Waals surface area contributed by atoms with Crippen LogP contribution in [-0.4, -0.2) is 51.2 Å². The van der Waals surface area contributed by atoms with E-state index in [0.29, 0.717) is 17.0 Å². The molecule has 0 bridgehead atoms. The summed E-state index contributed by atoms with van der Waals surface area (Å²) in [5.41, 5.74) is 2.95. The van der Waals surface area contributed by atoms with Gasteiger partial charge in [-0.25, -0.2) is 4.68 Å². The molecule has 6 nitrogen and oxygen atoms in total. The monoisotopic (exact) mass is 422 g/mol. The third-order valence-corrected chi connectivity index (χ3v) is 6.21. The van der Waals surface area contributed by atoms with E-state index in [1.807, 2.05) is 41.1 Å². The van der Waals surface area contributed by atoms with Gasteiger partial charge in [-0.1, -0.05) is 35.6 Å². The molecule has 0 aliphatic rings. The summed E-state index contributed by atoms with van der Waals surface area (Å²) in [6, 6.07) is 18.2. The number of hydrogen-bond acceptors (Lipinski definition) is 6. The van der Waals surface area contributed by atoms with E-state index in [2.05, 4.69) is 46.5 Å². The maximum atomic E-state index is 9.01. The number of hydrogen-bond donors (Lipinski definition) is 0. The summed E-state index contributed by atoms with van der Waals surface area (Å²) in [6.07, 6.45) is 0. The summed E-state index contributed by atoms with van der Waals surface area (Å²) in [5.74, 6) is 0. The van der Waals surface area contributed by atoms with Crippen LogP contribution in [0.5, 0.6) is 0 Å². The maximum Gasteiger partial charge on any atom is 0.216 e. The van der Waals surface area contributed by atoms with Gasteiger partial charge in [-0.15, -0.1) is 5.10 Å². The van der Waals surface area contributed by atoms with E-state index in [1.165, 1.54) is 10.3 Å². The molecule has 0 atom stereocenters. The number of fused-ring (bicyclic) bond motifs is 3. The molecule has 0 unspecified atom stereocenters. The minimum absolute atomic E-state index is 0.620. The van der Waals surface area contributed by atoms with Gasteiger partial charge in [-0.3, -0.25) is 9.30 Å². The van der Waals surface area contributed by atoms with Crippen molar-refractivity contribution in [2.75, 3.05) is 27.2 Å². The standard InChI is InChI=1S/C21H22N6S2/c1-24(2)11-12-25(14-17-9-7-16(13-22)8-10-17)15-26-21(28)27-18-5-3-4-6-19(18)29-20(27)23-26/h3-10H,11-12,14-15H2,1-2H3. The van der Waals surface area contributed by atoms with E-state index in [4.69, 9.17) is 22.6 Å². The van der Waals surface area contributed by atoms with E-state index in [1.54, 1.807) is 11.3 Å². The zero-order valence-corrected chi connectivity index (χ0v) is 18.1. The minimum atomic E-state index is 0.620. The van der Waals surface area contributed by atoms with Crippen LogP contribution in [0.25, 0.3) is 15.2 Å². The van der Waals surface area contributed by atoms with Crippen LogP contribution in [0.1, 0.15) is 11.1 Å². The van der Waals surface area contributed by atoms with Crippen molar-refractivity contribution in [2.45, 2.75) is 13.2 Å². The fourth-order valence-corrected chi connectivity index (χ4v) is 4.62. The van der Waals surface area contributed by atoms with Crippen molar-refractivity contribution in [1.29, 1.82) is 5.26 Å². The average Bonchev–Trinajstić information content (AvgIpc) is 3.23. The Balaban J connectivity index is 1.61. The smallest absolute Gasteiger partial charge is 0.216 e. The van der Waals surface area contributed by atoms with Crippen molar-refractivity contribution in [1.82, 2.24) is 24.0 Å². The fraction of sp³-hybridized carbons (Fsp3) is 0.286. The predicted octanol–water partition coefficient (Wildman–Crippen LogP) is 3.97. The van der Waals surface area contributed by atoms with Crippen LogP contribution in [0, 0.1) is 16.1 Å². The molecule has 0 spiro atoms. The van der Waals surface area contributed by atoms with Gasteiger partial charge in [-0.05, 0) is 56.1 Å². The van der Waals surface area contributed by atoms with Gasteiger partial charge in [0.05, 0.1) is 28.5 Å².